The average Bonchev–Trinajstić information content (AvgIpc) is 2.35. The third-order valence-corrected chi connectivity index (χ3v) is 2.83. The second kappa shape index (κ2) is 13.9. The quantitative estimate of drug-likeness (QED) is 0.222. The molecular formula is C13H32N4. The van der Waals surface area contributed by atoms with E-state index in [0.29, 0.717) is 6.17 Å². The van der Waals surface area contributed by atoms with Crippen LogP contribution < -0.4 is 21.3 Å². The summed E-state index contributed by atoms with van der Waals surface area (Å²) in [7, 11) is 4.01. The van der Waals surface area contributed by atoms with Gasteiger partial charge in [-0.25, -0.2) is 0 Å². The predicted octanol–water partition coefficient (Wildman–Crippen LogP) is 0.901. The van der Waals surface area contributed by atoms with Gasteiger partial charge in [0.15, 0.2) is 0 Å². The van der Waals surface area contributed by atoms with Gasteiger partial charge in [-0.05, 0) is 59.5 Å². The van der Waals surface area contributed by atoms with Gasteiger partial charge in [-0.15, -0.1) is 0 Å². The second-order valence-electron chi connectivity index (χ2n) is 4.52. The molecule has 0 radical (unpaired) electrons. The van der Waals surface area contributed by atoms with Crippen molar-refractivity contribution in [3.63, 3.8) is 0 Å². The van der Waals surface area contributed by atoms with Gasteiger partial charge in [0.25, 0.3) is 0 Å². The molecule has 0 spiro atoms. The first-order valence-electron chi connectivity index (χ1n) is 7.11. The first-order valence-corrected chi connectivity index (χ1v) is 7.11. The fraction of sp³-hybridized carbons (Fsp3) is 1.00. The van der Waals surface area contributed by atoms with Crippen LogP contribution in [0, 0.1) is 0 Å². The summed E-state index contributed by atoms with van der Waals surface area (Å²) in [5.41, 5.74) is 0. The molecule has 0 saturated carbocycles. The summed E-state index contributed by atoms with van der Waals surface area (Å²) in [6.45, 7) is 6.61. The first-order chi connectivity index (χ1) is 8.35. The van der Waals surface area contributed by atoms with Crippen molar-refractivity contribution >= 4 is 0 Å². The minimum absolute atomic E-state index is 0.490. The highest BCUT2D eigenvalue weighted by molar-refractivity contribution is 4.65. The Bertz CT molecular complexity index is 129. The van der Waals surface area contributed by atoms with E-state index in [1.54, 1.807) is 0 Å². The lowest BCUT2D eigenvalue weighted by Crippen LogP contribution is -2.43. The lowest BCUT2D eigenvalue weighted by molar-refractivity contribution is 0.385. The van der Waals surface area contributed by atoms with Crippen molar-refractivity contribution in [3.05, 3.63) is 0 Å². The summed E-state index contributed by atoms with van der Waals surface area (Å²) in [6, 6.07) is 0. The summed E-state index contributed by atoms with van der Waals surface area (Å²) in [5, 5.41) is 13.5. The van der Waals surface area contributed by atoms with Crippen LogP contribution in [0.25, 0.3) is 0 Å². The van der Waals surface area contributed by atoms with Gasteiger partial charge >= 0.3 is 0 Å². The number of hydrogen-bond donors (Lipinski definition) is 4. The highest BCUT2D eigenvalue weighted by atomic mass is 15.6. The summed E-state index contributed by atoms with van der Waals surface area (Å²) in [6.07, 6.45) is 6.67. The van der Waals surface area contributed by atoms with Crippen molar-refractivity contribution < 1.29 is 0 Å². The Hall–Kier alpha value is -0.160. The Morgan fingerprint density at radius 2 is 1.29 bits per heavy atom. The maximum atomic E-state index is 3.59. The lowest BCUT2D eigenvalue weighted by Gasteiger charge is -2.20. The average molecular weight is 246 g/mol. The number of nitrogens with one attached hydrogen (secondary N) is 4. The van der Waals surface area contributed by atoms with Crippen LogP contribution in [-0.4, -0.2) is 46.4 Å². The van der Waals surface area contributed by atoms with E-state index in [9.17, 15) is 0 Å². The zero-order chi connectivity index (χ0) is 12.8. The predicted molar refractivity (Wildman–Crippen MR) is 76.4 cm³/mol. The molecule has 0 aliphatic rings. The Morgan fingerprint density at radius 1 is 0.765 bits per heavy atom. The largest absolute Gasteiger partial charge is 0.320 e. The van der Waals surface area contributed by atoms with E-state index in [2.05, 4.69) is 28.2 Å². The van der Waals surface area contributed by atoms with Gasteiger partial charge < -0.3 is 21.3 Å². The van der Waals surface area contributed by atoms with E-state index in [4.69, 9.17) is 0 Å². The van der Waals surface area contributed by atoms with E-state index >= 15 is 0 Å². The van der Waals surface area contributed by atoms with Crippen LogP contribution in [0.2, 0.25) is 0 Å². The Morgan fingerprint density at radius 3 is 1.71 bits per heavy atom. The number of rotatable bonds is 13. The van der Waals surface area contributed by atoms with Gasteiger partial charge in [-0.1, -0.05) is 19.8 Å². The van der Waals surface area contributed by atoms with Crippen LogP contribution in [0.15, 0.2) is 0 Å². The molecule has 0 atom stereocenters. The Labute approximate surface area is 107 Å². The van der Waals surface area contributed by atoms with Gasteiger partial charge in [0.05, 0.1) is 6.17 Å². The van der Waals surface area contributed by atoms with Crippen LogP contribution in [0.1, 0.15) is 39.0 Å². The third-order valence-electron chi connectivity index (χ3n) is 2.83. The van der Waals surface area contributed by atoms with Crippen molar-refractivity contribution in [3.8, 4) is 0 Å². The van der Waals surface area contributed by atoms with E-state index in [1.807, 2.05) is 14.1 Å². The lowest BCUT2D eigenvalue weighted by atomic mass is 10.2. The SMILES string of the molecule is CCCCC(NCCC[15NH]C)NCCC[15NH]C. The normalized spacial score (nSPS) is 11.3. The molecule has 0 fully saturated rings. The number of unbranched alkanes of at least 4 members (excludes halogenated alkanes) is 1. The topological polar surface area (TPSA) is 48.1 Å². The Kier molecular flexibility index (Phi) is 13.8. The molecule has 0 aromatic heterocycles. The monoisotopic (exact) mass is 246 g/mol. The molecule has 0 aromatic rings. The van der Waals surface area contributed by atoms with Gasteiger partial charge in [0, 0.05) is 0 Å². The molecule has 17 heavy (non-hydrogen) atoms. The number of hydrogen-bond acceptors (Lipinski definition) is 4. The van der Waals surface area contributed by atoms with E-state index in [1.165, 1.54) is 32.1 Å². The minimum Gasteiger partial charge on any atom is -0.320 e. The molecule has 4 N–H and O–H groups in total. The van der Waals surface area contributed by atoms with Crippen molar-refractivity contribution in [2.24, 2.45) is 0 Å². The first kappa shape index (κ1) is 16.8. The molecule has 0 bridgehead atoms. The zero-order valence-corrected chi connectivity index (χ0v) is 11.9. The van der Waals surface area contributed by atoms with Crippen LogP contribution >= 0.6 is 0 Å². The van der Waals surface area contributed by atoms with Gasteiger partial charge in [-0.3, -0.25) is 0 Å². The van der Waals surface area contributed by atoms with E-state index in [0.717, 1.165) is 26.2 Å². The molecule has 0 aliphatic carbocycles. The van der Waals surface area contributed by atoms with Gasteiger partial charge in [-0.2, -0.15) is 0 Å². The zero-order valence-electron chi connectivity index (χ0n) is 11.9. The van der Waals surface area contributed by atoms with Crippen molar-refractivity contribution in [1.29, 1.82) is 0 Å². The maximum Gasteiger partial charge on any atom is 0.0571 e. The van der Waals surface area contributed by atoms with E-state index in [-0.39, 0.29) is 0 Å². The minimum atomic E-state index is 0.490. The highest BCUT2D eigenvalue weighted by Gasteiger charge is 2.05. The summed E-state index contributed by atoms with van der Waals surface area (Å²) >= 11 is 0. The fourth-order valence-electron chi connectivity index (χ4n) is 1.77. The summed E-state index contributed by atoms with van der Waals surface area (Å²) in [5.74, 6) is 0. The van der Waals surface area contributed by atoms with Crippen LogP contribution in [0.5, 0.6) is 0 Å². The fourth-order valence-corrected chi connectivity index (χ4v) is 1.77. The van der Waals surface area contributed by atoms with Crippen molar-refractivity contribution in [2.75, 3.05) is 40.3 Å². The molecule has 0 unspecified atom stereocenters. The molecule has 0 aromatic carbocycles. The van der Waals surface area contributed by atoms with Gasteiger partial charge in [0.1, 0.15) is 0 Å². The molecular weight excluding hydrogens is 214 g/mol. The molecule has 4 nitrogen and oxygen atoms in total. The van der Waals surface area contributed by atoms with Crippen molar-refractivity contribution in [2.45, 2.75) is 45.2 Å². The van der Waals surface area contributed by atoms with Gasteiger partial charge in [0.2, 0.25) is 0 Å². The van der Waals surface area contributed by atoms with E-state index < -0.39 is 0 Å². The standard InChI is InChI=1S/C13H32N4/c1-4-5-8-13(16-11-6-9-14-2)17-12-7-10-15-3/h13-17H,4-12H2,1-3H3/i14+1,15+1. The molecule has 0 aliphatic heterocycles. The highest BCUT2D eigenvalue weighted by Crippen LogP contribution is 1.98. The second-order valence-corrected chi connectivity index (χ2v) is 4.52. The third kappa shape index (κ3) is 12.1. The van der Waals surface area contributed by atoms with Crippen molar-refractivity contribution in [1.82, 2.24) is 21.3 Å². The molecule has 4 heteroatoms. The molecule has 0 amide bonds. The molecule has 0 heterocycles. The Balaban J connectivity index is 3.56. The van der Waals surface area contributed by atoms with Crippen LogP contribution in [0.4, 0.5) is 0 Å². The summed E-state index contributed by atoms with van der Waals surface area (Å²) < 4.78 is 0. The molecule has 0 saturated heterocycles. The maximum absolute atomic E-state index is 3.59. The smallest absolute Gasteiger partial charge is 0.0571 e. The van der Waals surface area contributed by atoms with Crippen LogP contribution in [0.3, 0.4) is 0 Å². The van der Waals surface area contributed by atoms with Crippen LogP contribution in [-0.2, 0) is 0 Å². The molecule has 104 valence electrons. The summed E-state index contributed by atoms with van der Waals surface area (Å²) in [4.78, 5) is 0. The molecule has 0 rings (SSSR count).